The number of nitrogens with zero attached hydrogens (tertiary/aromatic N) is 4. The molecule has 0 bridgehead atoms. The zero-order valence-electron chi connectivity index (χ0n) is 11.4. The summed E-state index contributed by atoms with van der Waals surface area (Å²) in [6, 6.07) is -0.741. The third kappa shape index (κ3) is 3.42. The van der Waals surface area contributed by atoms with Crippen LogP contribution in [-0.2, 0) is 4.79 Å². The first-order valence-corrected chi connectivity index (χ1v) is 7.08. The number of carboxylic acids is 1. The van der Waals surface area contributed by atoms with E-state index in [0.717, 1.165) is 11.5 Å². The smallest absolute Gasteiger partial charge is 0.323 e. The average Bonchev–Trinajstić information content (AvgIpc) is 2.83. The Kier molecular flexibility index (Phi) is 4.50. The van der Waals surface area contributed by atoms with Crippen LogP contribution in [0.1, 0.15) is 12.7 Å². The molecule has 110 valence electrons. The van der Waals surface area contributed by atoms with Crippen LogP contribution in [-0.4, -0.2) is 68.5 Å². The standard InChI is InChI=1S/C11H17N5O3S/c1-7(9(17)18)15-3-5-16(6-4-15)11(19)13-10-12-8(2)14-20-10/h7H,3-6H2,1-2H3,(H,17,18)(H,12,13,14,19). The highest BCUT2D eigenvalue weighted by atomic mass is 32.1. The first-order chi connectivity index (χ1) is 9.47. The van der Waals surface area contributed by atoms with Crippen molar-refractivity contribution in [3.8, 4) is 0 Å². The van der Waals surface area contributed by atoms with Crippen molar-refractivity contribution < 1.29 is 14.7 Å². The molecule has 1 aliphatic heterocycles. The number of carbonyl (C=O) groups is 2. The predicted octanol–water partition coefficient (Wildman–Crippen LogP) is 0.469. The summed E-state index contributed by atoms with van der Waals surface area (Å²) >= 11 is 1.14. The Morgan fingerprint density at radius 2 is 2.00 bits per heavy atom. The van der Waals surface area contributed by atoms with Crippen molar-refractivity contribution in [3.05, 3.63) is 5.82 Å². The average molecular weight is 299 g/mol. The van der Waals surface area contributed by atoms with E-state index in [1.165, 1.54) is 0 Å². The van der Waals surface area contributed by atoms with E-state index in [2.05, 4.69) is 14.7 Å². The lowest BCUT2D eigenvalue weighted by atomic mass is 10.2. The van der Waals surface area contributed by atoms with Crippen molar-refractivity contribution in [2.75, 3.05) is 31.5 Å². The number of hydrogen-bond acceptors (Lipinski definition) is 6. The minimum atomic E-state index is -0.841. The van der Waals surface area contributed by atoms with Crippen LogP contribution in [0.15, 0.2) is 0 Å². The molecule has 8 nitrogen and oxygen atoms in total. The fraction of sp³-hybridized carbons (Fsp3) is 0.636. The second-order valence-electron chi connectivity index (χ2n) is 4.61. The van der Waals surface area contributed by atoms with Gasteiger partial charge in [-0.05, 0) is 13.8 Å². The molecule has 2 N–H and O–H groups in total. The number of aryl methyl sites for hydroxylation is 1. The quantitative estimate of drug-likeness (QED) is 0.842. The van der Waals surface area contributed by atoms with Gasteiger partial charge in [0.15, 0.2) is 0 Å². The molecule has 2 rings (SSSR count). The minimum absolute atomic E-state index is 0.219. The summed E-state index contributed by atoms with van der Waals surface area (Å²) in [4.78, 5) is 30.5. The number of carboxylic acid groups (broad SMARTS) is 1. The normalized spacial score (nSPS) is 17.8. The first-order valence-electron chi connectivity index (χ1n) is 6.30. The maximum Gasteiger partial charge on any atom is 0.323 e. The summed E-state index contributed by atoms with van der Waals surface area (Å²) in [7, 11) is 0. The number of rotatable bonds is 3. The summed E-state index contributed by atoms with van der Waals surface area (Å²) in [5.74, 6) is -0.211. The third-order valence-electron chi connectivity index (χ3n) is 3.25. The predicted molar refractivity (Wildman–Crippen MR) is 73.9 cm³/mol. The van der Waals surface area contributed by atoms with Gasteiger partial charge in [-0.3, -0.25) is 15.0 Å². The highest BCUT2D eigenvalue weighted by Gasteiger charge is 2.27. The van der Waals surface area contributed by atoms with E-state index in [4.69, 9.17) is 5.11 Å². The number of carbonyl (C=O) groups excluding carboxylic acids is 1. The molecule has 0 aromatic carbocycles. The van der Waals surface area contributed by atoms with Crippen LogP contribution < -0.4 is 5.32 Å². The minimum Gasteiger partial charge on any atom is -0.480 e. The number of amides is 2. The van der Waals surface area contributed by atoms with Crippen molar-refractivity contribution in [2.45, 2.75) is 19.9 Å². The Labute approximate surface area is 120 Å². The van der Waals surface area contributed by atoms with Crippen molar-refractivity contribution in [2.24, 2.45) is 0 Å². The second-order valence-corrected chi connectivity index (χ2v) is 5.37. The Bertz CT molecular complexity index is 498. The SMILES string of the molecule is Cc1nsc(NC(=O)N2CCN(C(C)C(=O)O)CC2)n1. The highest BCUT2D eigenvalue weighted by molar-refractivity contribution is 7.09. The first kappa shape index (κ1) is 14.7. The van der Waals surface area contributed by atoms with Gasteiger partial charge in [-0.15, -0.1) is 0 Å². The van der Waals surface area contributed by atoms with Gasteiger partial charge in [0, 0.05) is 37.7 Å². The molecular weight excluding hydrogens is 282 g/mol. The molecule has 1 aromatic heterocycles. The van der Waals surface area contributed by atoms with E-state index in [9.17, 15) is 9.59 Å². The van der Waals surface area contributed by atoms with Gasteiger partial charge >= 0.3 is 12.0 Å². The molecule has 1 aromatic rings. The molecule has 2 amide bonds. The van der Waals surface area contributed by atoms with Gasteiger partial charge in [-0.2, -0.15) is 4.37 Å². The van der Waals surface area contributed by atoms with Gasteiger partial charge in [0.1, 0.15) is 11.9 Å². The van der Waals surface area contributed by atoms with Crippen LogP contribution in [0.3, 0.4) is 0 Å². The van der Waals surface area contributed by atoms with Crippen LogP contribution in [0.2, 0.25) is 0 Å². The molecular formula is C11H17N5O3S. The fourth-order valence-corrected chi connectivity index (χ4v) is 2.55. The zero-order chi connectivity index (χ0) is 14.7. The van der Waals surface area contributed by atoms with Crippen molar-refractivity contribution in [1.82, 2.24) is 19.2 Å². The molecule has 0 aliphatic carbocycles. The van der Waals surface area contributed by atoms with Crippen LogP contribution in [0.4, 0.5) is 9.93 Å². The Hall–Kier alpha value is -1.74. The Morgan fingerprint density at radius 3 is 2.50 bits per heavy atom. The molecule has 1 aliphatic rings. The van der Waals surface area contributed by atoms with E-state index in [1.54, 1.807) is 18.7 Å². The second kappa shape index (κ2) is 6.14. The number of hydrogen-bond donors (Lipinski definition) is 2. The van der Waals surface area contributed by atoms with Gasteiger partial charge in [-0.1, -0.05) is 0 Å². The van der Waals surface area contributed by atoms with Gasteiger partial charge < -0.3 is 10.0 Å². The van der Waals surface area contributed by atoms with Crippen molar-refractivity contribution in [1.29, 1.82) is 0 Å². The number of aliphatic carboxylic acids is 1. The number of aromatic nitrogens is 2. The van der Waals surface area contributed by atoms with Crippen molar-refractivity contribution in [3.63, 3.8) is 0 Å². The van der Waals surface area contributed by atoms with E-state index in [0.29, 0.717) is 37.1 Å². The maximum atomic E-state index is 12.0. The number of nitrogens with one attached hydrogen (secondary N) is 1. The molecule has 2 heterocycles. The molecule has 1 saturated heterocycles. The lowest BCUT2D eigenvalue weighted by molar-refractivity contribution is -0.143. The summed E-state index contributed by atoms with van der Waals surface area (Å²) in [6.07, 6.45) is 0. The number of piperazine rings is 1. The van der Waals surface area contributed by atoms with Gasteiger partial charge in [0.05, 0.1) is 0 Å². The monoisotopic (exact) mass is 299 g/mol. The van der Waals surface area contributed by atoms with Gasteiger partial charge in [-0.25, -0.2) is 9.78 Å². The summed E-state index contributed by atoms with van der Waals surface area (Å²) in [5, 5.41) is 12.1. The van der Waals surface area contributed by atoms with E-state index < -0.39 is 12.0 Å². The molecule has 0 spiro atoms. The zero-order valence-corrected chi connectivity index (χ0v) is 12.2. The summed E-state index contributed by atoms with van der Waals surface area (Å²) < 4.78 is 3.99. The van der Waals surface area contributed by atoms with Crippen LogP contribution in [0, 0.1) is 6.92 Å². The molecule has 0 saturated carbocycles. The third-order valence-corrected chi connectivity index (χ3v) is 3.97. The van der Waals surface area contributed by atoms with E-state index in [-0.39, 0.29) is 6.03 Å². The van der Waals surface area contributed by atoms with Gasteiger partial charge in [0.25, 0.3) is 0 Å². The Morgan fingerprint density at radius 1 is 1.35 bits per heavy atom. The largest absolute Gasteiger partial charge is 0.480 e. The molecule has 1 fully saturated rings. The lowest BCUT2D eigenvalue weighted by Crippen LogP contribution is -2.53. The molecule has 1 unspecified atom stereocenters. The maximum absolute atomic E-state index is 12.0. The van der Waals surface area contributed by atoms with Gasteiger partial charge in [0.2, 0.25) is 5.13 Å². The summed E-state index contributed by atoms with van der Waals surface area (Å²) in [6.45, 7) is 5.52. The Balaban J connectivity index is 1.84. The highest BCUT2D eigenvalue weighted by Crippen LogP contribution is 2.12. The van der Waals surface area contributed by atoms with Crippen LogP contribution >= 0.6 is 11.5 Å². The molecule has 1 atom stereocenters. The van der Waals surface area contributed by atoms with E-state index >= 15 is 0 Å². The van der Waals surface area contributed by atoms with Crippen LogP contribution in [0.25, 0.3) is 0 Å². The summed E-state index contributed by atoms with van der Waals surface area (Å²) in [5.41, 5.74) is 0. The van der Waals surface area contributed by atoms with Crippen molar-refractivity contribution >= 4 is 28.7 Å². The number of urea groups is 1. The lowest BCUT2D eigenvalue weighted by Gasteiger charge is -2.36. The molecule has 20 heavy (non-hydrogen) atoms. The topological polar surface area (TPSA) is 98.7 Å². The number of anilines is 1. The van der Waals surface area contributed by atoms with E-state index in [1.807, 2.05) is 4.90 Å². The molecule has 9 heteroatoms. The van der Waals surface area contributed by atoms with Crippen LogP contribution in [0.5, 0.6) is 0 Å². The molecule has 0 radical (unpaired) electrons. The fourth-order valence-electron chi connectivity index (χ4n) is 1.99.